The molecule has 3 N–H and O–H groups in total. The number of benzene rings is 1. The minimum atomic E-state index is -0.796. The molecule has 2 atom stereocenters. The molecule has 0 radical (unpaired) electrons. The van der Waals surface area contributed by atoms with Crippen molar-refractivity contribution in [3.05, 3.63) is 29.3 Å². The van der Waals surface area contributed by atoms with Gasteiger partial charge < -0.3 is 15.6 Å². The van der Waals surface area contributed by atoms with Crippen LogP contribution in [0.1, 0.15) is 36.9 Å². The van der Waals surface area contributed by atoms with Gasteiger partial charge in [0.1, 0.15) is 5.75 Å². The van der Waals surface area contributed by atoms with Crippen LogP contribution in [-0.2, 0) is 10.2 Å². The summed E-state index contributed by atoms with van der Waals surface area (Å²) >= 11 is 0. The first kappa shape index (κ1) is 11.9. The number of methoxy groups -OCH3 is 1. The van der Waals surface area contributed by atoms with Crippen molar-refractivity contribution in [1.82, 2.24) is 0 Å². The Morgan fingerprint density at radius 1 is 1.65 bits per heavy atom. The van der Waals surface area contributed by atoms with Gasteiger partial charge in [0.2, 0.25) is 0 Å². The minimum absolute atomic E-state index is 0.0831. The van der Waals surface area contributed by atoms with Gasteiger partial charge in [0.05, 0.1) is 13.5 Å². The van der Waals surface area contributed by atoms with E-state index in [2.05, 4.69) is 0 Å². The molecule has 2 unspecified atom stereocenters. The number of fused-ring (bicyclic) bond motifs is 1. The fourth-order valence-corrected chi connectivity index (χ4v) is 2.71. The Labute approximate surface area is 100 Å². The van der Waals surface area contributed by atoms with Crippen molar-refractivity contribution in [3.8, 4) is 5.75 Å². The quantitative estimate of drug-likeness (QED) is 0.838. The molecule has 4 nitrogen and oxygen atoms in total. The van der Waals surface area contributed by atoms with Crippen LogP contribution in [0.25, 0.3) is 0 Å². The molecular weight excluding hydrogens is 218 g/mol. The summed E-state index contributed by atoms with van der Waals surface area (Å²) in [7, 11) is 1.60. The van der Waals surface area contributed by atoms with Gasteiger partial charge in [0.25, 0.3) is 0 Å². The molecular formula is C13H17NO3. The molecule has 92 valence electrons. The molecule has 1 aromatic rings. The second-order valence-corrected chi connectivity index (χ2v) is 4.89. The molecule has 0 heterocycles. The highest BCUT2D eigenvalue weighted by Crippen LogP contribution is 2.46. The zero-order valence-electron chi connectivity index (χ0n) is 10.1. The maximum absolute atomic E-state index is 11.0. The zero-order chi connectivity index (χ0) is 12.6. The van der Waals surface area contributed by atoms with Crippen LogP contribution >= 0.6 is 0 Å². The van der Waals surface area contributed by atoms with Crippen molar-refractivity contribution < 1.29 is 14.6 Å². The van der Waals surface area contributed by atoms with E-state index in [9.17, 15) is 4.79 Å². The van der Waals surface area contributed by atoms with Crippen LogP contribution in [0, 0.1) is 0 Å². The monoisotopic (exact) mass is 235 g/mol. The maximum Gasteiger partial charge on any atom is 0.304 e. The predicted octanol–water partition coefficient (Wildman–Crippen LogP) is 1.83. The molecule has 17 heavy (non-hydrogen) atoms. The molecule has 0 saturated carbocycles. The van der Waals surface area contributed by atoms with Crippen molar-refractivity contribution in [2.45, 2.75) is 31.2 Å². The molecule has 1 aliphatic rings. The van der Waals surface area contributed by atoms with Crippen molar-refractivity contribution in [2.75, 3.05) is 7.11 Å². The van der Waals surface area contributed by atoms with Crippen LogP contribution in [0.5, 0.6) is 5.75 Å². The molecule has 0 fully saturated rings. The number of carboxylic acids is 1. The molecule has 0 bridgehead atoms. The molecule has 0 spiro atoms. The first-order valence-corrected chi connectivity index (χ1v) is 5.62. The highest BCUT2D eigenvalue weighted by Gasteiger charge is 2.40. The standard InChI is InChI=1S/C13H17NO3/c1-13(7-12(15)16)6-11(14)9-4-3-8(17-2)5-10(9)13/h3-5,11H,6-7,14H2,1-2H3,(H,15,16). The summed E-state index contributed by atoms with van der Waals surface area (Å²) in [6.45, 7) is 1.95. The smallest absolute Gasteiger partial charge is 0.304 e. The lowest BCUT2D eigenvalue weighted by Crippen LogP contribution is -2.23. The van der Waals surface area contributed by atoms with E-state index in [4.69, 9.17) is 15.6 Å². The van der Waals surface area contributed by atoms with Gasteiger partial charge in [-0.15, -0.1) is 0 Å². The van der Waals surface area contributed by atoms with E-state index in [1.54, 1.807) is 7.11 Å². The van der Waals surface area contributed by atoms with Crippen molar-refractivity contribution in [3.63, 3.8) is 0 Å². The highest BCUT2D eigenvalue weighted by atomic mass is 16.5. The molecule has 2 rings (SSSR count). The number of hydrogen-bond acceptors (Lipinski definition) is 3. The van der Waals surface area contributed by atoms with Gasteiger partial charge in [0.15, 0.2) is 0 Å². The zero-order valence-corrected chi connectivity index (χ0v) is 10.1. The second kappa shape index (κ2) is 4.04. The number of hydrogen-bond donors (Lipinski definition) is 2. The Morgan fingerprint density at radius 2 is 2.35 bits per heavy atom. The van der Waals surface area contributed by atoms with Crippen LogP contribution in [0.2, 0.25) is 0 Å². The summed E-state index contributed by atoms with van der Waals surface area (Å²) in [5.74, 6) is -0.0511. The Balaban J connectivity index is 2.46. The molecule has 1 aliphatic carbocycles. The summed E-state index contributed by atoms with van der Waals surface area (Å²) in [6.07, 6.45) is 0.767. The third-order valence-corrected chi connectivity index (χ3v) is 3.52. The van der Waals surface area contributed by atoms with Crippen LogP contribution in [0.15, 0.2) is 18.2 Å². The SMILES string of the molecule is COc1ccc2c(c1)C(C)(CC(=O)O)CC2N. The summed E-state index contributed by atoms with van der Waals surface area (Å²) in [5, 5.41) is 9.01. The first-order valence-electron chi connectivity index (χ1n) is 5.62. The summed E-state index contributed by atoms with van der Waals surface area (Å²) in [4.78, 5) is 11.0. The molecule has 0 amide bonds. The summed E-state index contributed by atoms with van der Waals surface area (Å²) in [6, 6.07) is 5.63. The topological polar surface area (TPSA) is 72.5 Å². The molecule has 4 heteroatoms. The first-order chi connectivity index (χ1) is 7.96. The molecule has 1 aromatic carbocycles. The number of carbonyl (C=O) groups is 1. The van der Waals surface area contributed by atoms with Crippen LogP contribution in [0.4, 0.5) is 0 Å². The minimum Gasteiger partial charge on any atom is -0.497 e. The van der Waals surface area contributed by atoms with Crippen LogP contribution in [0.3, 0.4) is 0 Å². The Morgan fingerprint density at radius 3 is 2.94 bits per heavy atom. The number of carboxylic acid groups (broad SMARTS) is 1. The molecule has 0 aliphatic heterocycles. The molecule has 0 saturated heterocycles. The van der Waals surface area contributed by atoms with Crippen molar-refractivity contribution >= 4 is 5.97 Å². The summed E-state index contributed by atoms with van der Waals surface area (Å²) < 4.78 is 5.18. The van der Waals surface area contributed by atoms with E-state index in [1.807, 2.05) is 25.1 Å². The number of ether oxygens (including phenoxy) is 1. The average molecular weight is 235 g/mol. The fourth-order valence-electron chi connectivity index (χ4n) is 2.71. The van der Waals surface area contributed by atoms with Crippen LogP contribution in [-0.4, -0.2) is 18.2 Å². The van der Waals surface area contributed by atoms with Gasteiger partial charge in [0, 0.05) is 11.5 Å². The third kappa shape index (κ3) is 2.00. The maximum atomic E-state index is 11.0. The number of nitrogens with two attached hydrogens (primary N) is 1. The Bertz CT molecular complexity index is 458. The molecule has 0 aromatic heterocycles. The van der Waals surface area contributed by atoms with E-state index >= 15 is 0 Å². The van der Waals surface area contributed by atoms with Gasteiger partial charge in [-0.05, 0) is 29.7 Å². The van der Waals surface area contributed by atoms with E-state index in [0.29, 0.717) is 6.42 Å². The lowest BCUT2D eigenvalue weighted by Gasteiger charge is -2.23. The highest BCUT2D eigenvalue weighted by molar-refractivity contribution is 5.70. The van der Waals surface area contributed by atoms with E-state index in [-0.39, 0.29) is 12.5 Å². The lowest BCUT2D eigenvalue weighted by molar-refractivity contribution is -0.138. The average Bonchev–Trinajstić information content (AvgIpc) is 2.49. The fraction of sp³-hybridized carbons (Fsp3) is 0.462. The Kier molecular flexibility index (Phi) is 2.83. The van der Waals surface area contributed by atoms with E-state index < -0.39 is 11.4 Å². The van der Waals surface area contributed by atoms with E-state index in [0.717, 1.165) is 16.9 Å². The van der Waals surface area contributed by atoms with Crippen LogP contribution < -0.4 is 10.5 Å². The third-order valence-electron chi connectivity index (χ3n) is 3.52. The van der Waals surface area contributed by atoms with E-state index in [1.165, 1.54) is 0 Å². The van der Waals surface area contributed by atoms with Gasteiger partial charge in [-0.1, -0.05) is 13.0 Å². The number of rotatable bonds is 3. The van der Waals surface area contributed by atoms with Crippen molar-refractivity contribution in [1.29, 1.82) is 0 Å². The normalized spacial score (nSPS) is 26.6. The van der Waals surface area contributed by atoms with Gasteiger partial charge in [-0.2, -0.15) is 0 Å². The Hall–Kier alpha value is -1.55. The predicted molar refractivity (Wildman–Crippen MR) is 64.1 cm³/mol. The van der Waals surface area contributed by atoms with Gasteiger partial charge in [-0.25, -0.2) is 0 Å². The summed E-state index contributed by atoms with van der Waals surface area (Å²) in [5.41, 5.74) is 7.70. The van der Waals surface area contributed by atoms with Crippen molar-refractivity contribution in [2.24, 2.45) is 5.73 Å². The lowest BCUT2D eigenvalue weighted by atomic mass is 9.81. The van der Waals surface area contributed by atoms with Gasteiger partial charge >= 0.3 is 5.97 Å². The second-order valence-electron chi connectivity index (χ2n) is 4.89. The van der Waals surface area contributed by atoms with Gasteiger partial charge in [-0.3, -0.25) is 4.79 Å². The number of aliphatic carboxylic acids is 1. The largest absolute Gasteiger partial charge is 0.497 e.